The molecule has 0 amide bonds. The van der Waals surface area contributed by atoms with Crippen molar-refractivity contribution in [1.29, 1.82) is 0 Å². The van der Waals surface area contributed by atoms with E-state index in [0.29, 0.717) is 0 Å². The zero-order chi connectivity index (χ0) is 6.91. The third kappa shape index (κ3) is 2.33. The van der Waals surface area contributed by atoms with Crippen LogP contribution in [0.1, 0.15) is 6.42 Å². The van der Waals surface area contributed by atoms with Crippen LogP contribution >= 0.6 is 7.37 Å². The molecule has 0 aliphatic heterocycles. The van der Waals surface area contributed by atoms with Gasteiger partial charge in [-0.2, -0.15) is 0 Å². The first-order valence-electron chi connectivity index (χ1n) is 2.98. The van der Waals surface area contributed by atoms with E-state index in [-0.39, 0.29) is 6.10 Å². The lowest BCUT2D eigenvalue weighted by Crippen LogP contribution is -2.12. The zero-order valence-corrected chi connectivity index (χ0v) is 6.60. The molecule has 0 aromatic carbocycles. The molecular formula is C6H11O2P. The standard InChI is InChI=1S/C6H11O2P/c1-9(2,7)8-6-4-3-5-6/h3-4,6H,5H2,1-2H3. The molecule has 1 rings (SSSR count). The van der Waals surface area contributed by atoms with E-state index in [1.165, 1.54) is 0 Å². The van der Waals surface area contributed by atoms with Crippen LogP contribution in [0.4, 0.5) is 0 Å². The van der Waals surface area contributed by atoms with Crippen molar-refractivity contribution in [2.75, 3.05) is 13.3 Å². The Bertz CT molecular complexity index is 168. The van der Waals surface area contributed by atoms with E-state index in [1.807, 2.05) is 12.2 Å². The Morgan fingerprint density at radius 3 is 2.33 bits per heavy atom. The van der Waals surface area contributed by atoms with E-state index >= 15 is 0 Å². The predicted octanol–water partition coefficient (Wildman–Crippen LogP) is 1.87. The SMILES string of the molecule is CP(C)(=O)OC1C=CC1. The van der Waals surface area contributed by atoms with Crippen LogP contribution in [-0.4, -0.2) is 19.4 Å². The average molecular weight is 146 g/mol. The van der Waals surface area contributed by atoms with Gasteiger partial charge in [-0.1, -0.05) is 12.2 Å². The van der Waals surface area contributed by atoms with Crippen molar-refractivity contribution in [1.82, 2.24) is 0 Å². The van der Waals surface area contributed by atoms with Gasteiger partial charge in [-0.3, -0.25) is 4.57 Å². The summed E-state index contributed by atoms with van der Waals surface area (Å²) < 4.78 is 16.1. The lowest BCUT2D eigenvalue weighted by Gasteiger charge is -2.20. The van der Waals surface area contributed by atoms with E-state index in [4.69, 9.17) is 4.52 Å². The largest absolute Gasteiger partial charge is 0.321 e. The molecule has 0 bridgehead atoms. The van der Waals surface area contributed by atoms with Crippen LogP contribution in [0, 0.1) is 0 Å². The monoisotopic (exact) mass is 146 g/mol. The van der Waals surface area contributed by atoms with Crippen LogP contribution in [-0.2, 0) is 9.09 Å². The zero-order valence-electron chi connectivity index (χ0n) is 5.70. The first kappa shape index (κ1) is 7.04. The smallest absolute Gasteiger partial charge is 0.197 e. The summed E-state index contributed by atoms with van der Waals surface area (Å²) in [6.45, 7) is 3.28. The Morgan fingerprint density at radius 2 is 2.22 bits per heavy atom. The normalized spacial score (nSPS) is 25.8. The highest BCUT2D eigenvalue weighted by Crippen LogP contribution is 2.41. The van der Waals surface area contributed by atoms with Gasteiger partial charge in [0, 0.05) is 13.3 Å². The van der Waals surface area contributed by atoms with Gasteiger partial charge in [-0.05, 0) is 6.42 Å². The van der Waals surface area contributed by atoms with Gasteiger partial charge in [0.05, 0.1) is 6.10 Å². The molecule has 1 atom stereocenters. The first-order chi connectivity index (χ1) is 4.08. The van der Waals surface area contributed by atoms with Crippen molar-refractivity contribution < 1.29 is 9.09 Å². The van der Waals surface area contributed by atoms with Gasteiger partial charge in [0.2, 0.25) is 0 Å². The van der Waals surface area contributed by atoms with Gasteiger partial charge < -0.3 is 4.52 Å². The van der Waals surface area contributed by atoms with Crippen LogP contribution in [0.5, 0.6) is 0 Å². The highest BCUT2D eigenvalue weighted by Gasteiger charge is 2.17. The second-order valence-electron chi connectivity index (χ2n) is 2.56. The lowest BCUT2D eigenvalue weighted by molar-refractivity contribution is 0.243. The summed E-state index contributed by atoms with van der Waals surface area (Å²) in [5, 5.41) is 0. The molecule has 52 valence electrons. The van der Waals surface area contributed by atoms with Gasteiger partial charge in [0.25, 0.3) is 0 Å². The van der Waals surface area contributed by atoms with Crippen LogP contribution in [0.15, 0.2) is 12.2 Å². The Morgan fingerprint density at radius 1 is 1.67 bits per heavy atom. The predicted molar refractivity (Wildman–Crippen MR) is 38.1 cm³/mol. The van der Waals surface area contributed by atoms with Gasteiger partial charge in [0.15, 0.2) is 7.37 Å². The molecule has 0 heterocycles. The molecule has 0 radical (unpaired) electrons. The van der Waals surface area contributed by atoms with Crippen molar-refractivity contribution in [3.8, 4) is 0 Å². The fourth-order valence-electron chi connectivity index (χ4n) is 0.651. The molecule has 2 nitrogen and oxygen atoms in total. The van der Waals surface area contributed by atoms with Crippen LogP contribution in [0.25, 0.3) is 0 Å². The summed E-state index contributed by atoms with van der Waals surface area (Å²) >= 11 is 0. The Hall–Kier alpha value is -0.0700. The average Bonchev–Trinajstić information content (AvgIpc) is 1.53. The fourth-order valence-corrected chi connectivity index (χ4v) is 1.46. The third-order valence-electron chi connectivity index (χ3n) is 1.11. The summed E-state index contributed by atoms with van der Waals surface area (Å²) in [4.78, 5) is 0. The summed E-state index contributed by atoms with van der Waals surface area (Å²) in [7, 11) is -2.24. The molecule has 1 unspecified atom stereocenters. The van der Waals surface area contributed by atoms with Gasteiger partial charge in [0.1, 0.15) is 0 Å². The summed E-state index contributed by atoms with van der Waals surface area (Å²) in [5.74, 6) is 0. The Labute approximate surface area is 55.4 Å². The summed E-state index contributed by atoms with van der Waals surface area (Å²) in [6, 6.07) is 0. The summed E-state index contributed by atoms with van der Waals surface area (Å²) in [6.07, 6.45) is 5.00. The molecule has 3 heteroatoms. The minimum atomic E-state index is -2.24. The quantitative estimate of drug-likeness (QED) is 0.439. The molecular weight excluding hydrogens is 135 g/mol. The van der Waals surface area contributed by atoms with Crippen molar-refractivity contribution in [2.24, 2.45) is 0 Å². The van der Waals surface area contributed by atoms with E-state index in [2.05, 4.69) is 0 Å². The van der Waals surface area contributed by atoms with Crippen molar-refractivity contribution in [3.63, 3.8) is 0 Å². The van der Waals surface area contributed by atoms with Gasteiger partial charge >= 0.3 is 0 Å². The second kappa shape index (κ2) is 2.28. The molecule has 0 aromatic rings. The molecule has 0 spiro atoms. The topological polar surface area (TPSA) is 26.3 Å². The maximum Gasteiger partial charge on any atom is 0.197 e. The van der Waals surface area contributed by atoms with Crippen LogP contribution in [0.2, 0.25) is 0 Å². The van der Waals surface area contributed by atoms with Gasteiger partial charge in [-0.15, -0.1) is 0 Å². The Balaban J connectivity index is 2.34. The molecule has 1 aliphatic rings. The van der Waals surface area contributed by atoms with E-state index in [9.17, 15) is 4.57 Å². The van der Waals surface area contributed by atoms with Crippen LogP contribution < -0.4 is 0 Å². The number of hydrogen-bond acceptors (Lipinski definition) is 2. The van der Waals surface area contributed by atoms with Crippen molar-refractivity contribution in [2.45, 2.75) is 12.5 Å². The Kier molecular flexibility index (Phi) is 1.78. The van der Waals surface area contributed by atoms with Gasteiger partial charge in [-0.25, -0.2) is 0 Å². The number of hydrogen-bond donors (Lipinski definition) is 0. The summed E-state index contributed by atoms with van der Waals surface area (Å²) in [5.41, 5.74) is 0. The van der Waals surface area contributed by atoms with E-state index < -0.39 is 7.37 Å². The lowest BCUT2D eigenvalue weighted by atomic mass is 10.1. The maximum atomic E-state index is 11.0. The molecule has 0 fully saturated rings. The fraction of sp³-hybridized carbons (Fsp3) is 0.667. The molecule has 9 heavy (non-hydrogen) atoms. The van der Waals surface area contributed by atoms with Crippen molar-refractivity contribution in [3.05, 3.63) is 12.2 Å². The van der Waals surface area contributed by atoms with E-state index in [0.717, 1.165) is 6.42 Å². The molecule has 0 aromatic heterocycles. The molecule has 0 saturated carbocycles. The number of rotatable bonds is 2. The maximum absolute atomic E-state index is 11.0. The first-order valence-corrected chi connectivity index (χ1v) is 5.50. The minimum Gasteiger partial charge on any atom is -0.321 e. The highest BCUT2D eigenvalue weighted by atomic mass is 31.2. The van der Waals surface area contributed by atoms with Crippen molar-refractivity contribution >= 4 is 7.37 Å². The molecule has 0 saturated heterocycles. The highest BCUT2D eigenvalue weighted by molar-refractivity contribution is 7.57. The van der Waals surface area contributed by atoms with E-state index in [1.54, 1.807) is 13.3 Å². The van der Waals surface area contributed by atoms with Crippen LogP contribution in [0.3, 0.4) is 0 Å². The molecule has 1 aliphatic carbocycles. The second-order valence-corrected chi connectivity index (χ2v) is 5.27. The minimum absolute atomic E-state index is 0.130. The molecule has 0 N–H and O–H groups in total. The third-order valence-corrected chi connectivity index (χ3v) is 1.89.